The summed E-state index contributed by atoms with van der Waals surface area (Å²) < 4.78 is 10.8. The molecule has 3 rings (SSSR count). The van der Waals surface area contributed by atoms with Gasteiger partial charge in [0.15, 0.2) is 5.82 Å². The van der Waals surface area contributed by atoms with Gasteiger partial charge >= 0.3 is 0 Å². The van der Waals surface area contributed by atoms with E-state index in [1.807, 2.05) is 24.3 Å². The lowest BCUT2D eigenvalue weighted by atomic mass is 10.1. The Labute approximate surface area is 140 Å². The number of hydrogen-bond donors (Lipinski definition) is 0. The van der Waals surface area contributed by atoms with E-state index in [1.54, 1.807) is 18.9 Å². The van der Waals surface area contributed by atoms with Crippen LogP contribution in [0, 0.1) is 11.8 Å². The maximum atomic E-state index is 12.1. The van der Waals surface area contributed by atoms with Crippen molar-refractivity contribution >= 4 is 5.91 Å². The van der Waals surface area contributed by atoms with Crippen LogP contribution < -0.4 is 4.74 Å². The van der Waals surface area contributed by atoms with Crippen molar-refractivity contribution in [2.24, 2.45) is 0 Å². The quantitative estimate of drug-likeness (QED) is 0.807. The Hall–Kier alpha value is -2.81. The number of ether oxygens (including phenoxy) is 1. The molecular formula is C18H19N3O3. The number of methoxy groups -OCH3 is 1. The predicted octanol–water partition coefficient (Wildman–Crippen LogP) is 2.36. The lowest BCUT2D eigenvalue weighted by molar-refractivity contribution is -0.126. The Balaban J connectivity index is 1.77. The van der Waals surface area contributed by atoms with E-state index in [4.69, 9.17) is 9.26 Å². The molecule has 1 aliphatic rings. The van der Waals surface area contributed by atoms with Crippen LogP contribution in [0.1, 0.15) is 43.1 Å². The summed E-state index contributed by atoms with van der Waals surface area (Å²) in [6.45, 7) is 2.32. The van der Waals surface area contributed by atoms with Crippen molar-refractivity contribution in [3.8, 4) is 17.6 Å². The standard InChI is InChI=1S/C18H19N3O3/c1-3-7-17(22)21-11-6-9-14(21)18-19-16(20-24-18)12-13-8-4-5-10-15(13)23-2/h4-5,8,10,14H,6,9,11-12H2,1-2H3/t14-/m1/s1. The highest BCUT2D eigenvalue weighted by atomic mass is 16.5. The number of benzene rings is 1. The lowest BCUT2D eigenvalue weighted by Gasteiger charge is -2.18. The molecule has 0 N–H and O–H groups in total. The molecule has 1 aromatic heterocycles. The molecule has 6 nitrogen and oxygen atoms in total. The summed E-state index contributed by atoms with van der Waals surface area (Å²) in [6, 6.07) is 7.55. The van der Waals surface area contributed by atoms with Crippen LogP contribution in [0.2, 0.25) is 0 Å². The third-order valence-corrected chi connectivity index (χ3v) is 4.06. The molecule has 2 heterocycles. The summed E-state index contributed by atoms with van der Waals surface area (Å²) in [5.41, 5.74) is 0.989. The molecule has 0 unspecified atom stereocenters. The molecule has 0 aliphatic carbocycles. The smallest absolute Gasteiger partial charge is 0.299 e. The fraction of sp³-hybridized carbons (Fsp3) is 0.389. The second-order valence-electron chi connectivity index (χ2n) is 5.57. The first-order valence-electron chi connectivity index (χ1n) is 7.90. The molecule has 0 bridgehead atoms. The maximum absolute atomic E-state index is 12.1. The highest BCUT2D eigenvalue weighted by molar-refractivity contribution is 5.93. The third kappa shape index (κ3) is 3.25. The van der Waals surface area contributed by atoms with Crippen LogP contribution in [0.3, 0.4) is 0 Å². The first-order chi connectivity index (χ1) is 11.7. The van der Waals surface area contributed by atoms with Gasteiger partial charge < -0.3 is 14.2 Å². The molecule has 1 amide bonds. The molecule has 1 fully saturated rings. The number of amides is 1. The fourth-order valence-electron chi connectivity index (χ4n) is 2.94. The Morgan fingerprint density at radius 1 is 1.46 bits per heavy atom. The average molecular weight is 325 g/mol. The van der Waals surface area contributed by atoms with Gasteiger partial charge in [-0.05, 0) is 31.8 Å². The molecule has 1 atom stereocenters. The van der Waals surface area contributed by atoms with Crippen molar-refractivity contribution < 1.29 is 14.1 Å². The van der Waals surface area contributed by atoms with Gasteiger partial charge in [-0.25, -0.2) is 0 Å². The predicted molar refractivity (Wildman–Crippen MR) is 87.2 cm³/mol. The molecule has 6 heteroatoms. The molecule has 2 aromatic rings. The van der Waals surface area contributed by atoms with E-state index in [0.29, 0.717) is 24.7 Å². The van der Waals surface area contributed by atoms with Crippen LogP contribution in [-0.2, 0) is 11.2 Å². The van der Waals surface area contributed by atoms with Gasteiger partial charge in [0.05, 0.1) is 7.11 Å². The molecule has 1 aromatic carbocycles. The number of carbonyl (C=O) groups is 1. The van der Waals surface area contributed by atoms with Crippen LogP contribution in [-0.4, -0.2) is 34.6 Å². The van der Waals surface area contributed by atoms with E-state index >= 15 is 0 Å². The average Bonchev–Trinajstić information content (AvgIpc) is 3.24. The summed E-state index contributed by atoms with van der Waals surface area (Å²) >= 11 is 0. The van der Waals surface area contributed by atoms with Gasteiger partial charge in [0.2, 0.25) is 5.89 Å². The maximum Gasteiger partial charge on any atom is 0.299 e. The largest absolute Gasteiger partial charge is 0.496 e. The number of para-hydroxylation sites is 1. The molecule has 24 heavy (non-hydrogen) atoms. The van der Waals surface area contributed by atoms with Gasteiger partial charge in [-0.1, -0.05) is 29.3 Å². The third-order valence-electron chi connectivity index (χ3n) is 4.06. The topological polar surface area (TPSA) is 68.5 Å². The number of hydrogen-bond acceptors (Lipinski definition) is 5. The summed E-state index contributed by atoms with van der Waals surface area (Å²) in [6.07, 6.45) is 2.24. The Bertz CT molecular complexity index is 788. The summed E-state index contributed by atoms with van der Waals surface area (Å²) in [4.78, 5) is 18.2. The van der Waals surface area contributed by atoms with Crippen molar-refractivity contribution in [1.82, 2.24) is 15.0 Å². The van der Waals surface area contributed by atoms with E-state index in [0.717, 1.165) is 24.2 Å². The number of rotatable bonds is 4. The normalized spacial score (nSPS) is 16.6. The van der Waals surface area contributed by atoms with Crippen LogP contribution >= 0.6 is 0 Å². The van der Waals surface area contributed by atoms with Crippen LogP contribution in [0.5, 0.6) is 5.75 Å². The second kappa shape index (κ2) is 7.18. The van der Waals surface area contributed by atoms with Crippen molar-refractivity contribution in [3.05, 3.63) is 41.5 Å². The number of likely N-dealkylation sites (tertiary alicyclic amines) is 1. The summed E-state index contributed by atoms with van der Waals surface area (Å²) in [7, 11) is 1.64. The lowest BCUT2D eigenvalue weighted by Crippen LogP contribution is -2.29. The molecule has 124 valence electrons. The van der Waals surface area contributed by atoms with E-state index in [1.165, 1.54) is 0 Å². The molecule has 0 saturated carbocycles. The van der Waals surface area contributed by atoms with E-state index in [-0.39, 0.29) is 11.9 Å². The zero-order chi connectivity index (χ0) is 16.9. The SMILES string of the molecule is CC#CC(=O)N1CCC[C@@H]1c1nc(Cc2ccccc2OC)no1. The van der Waals surface area contributed by atoms with Crippen LogP contribution in [0.25, 0.3) is 0 Å². The highest BCUT2D eigenvalue weighted by Gasteiger charge is 2.33. The van der Waals surface area contributed by atoms with Gasteiger partial charge in [0.25, 0.3) is 5.91 Å². The van der Waals surface area contributed by atoms with Gasteiger partial charge in [-0.15, -0.1) is 0 Å². The minimum Gasteiger partial charge on any atom is -0.496 e. The van der Waals surface area contributed by atoms with Gasteiger partial charge in [-0.2, -0.15) is 4.98 Å². The Morgan fingerprint density at radius 3 is 3.08 bits per heavy atom. The van der Waals surface area contributed by atoms with Crippen molar-refractivity contribution in [3.63, 3.8) is 0 Å². The molecule has 0 spiro atoms. The number of nitrogens with zero attached hydrogens (tertiary/aromatic N) is 3. The zero-order valence-corrected chi connectivity index (χ0v) is 13.8. The fourth-order valence-corrected chi connectivity index (χ4v) is 2.94. The monoisotopic (exact) mass is 325 g/mol. The van der Waals surface area contributed by atoms with E-state index < -0.39 is 0 Å². The van der Waals surface area contributed by atoms with Gasteiger partial charge in [0.1, 0.15) is 11.8 Å². The Kier molecular flexibility index (Phi) is 4.80. The van der Waals surface area contributed by atoms with Crippen molar-refractivity contribution in [1.29, 1.82) is 0 Å². The van der Waals surface area contributed by atoms with Gasteiger partial charge in [-0.3, -0.25) is 4.79 Å². The van der Waals surface area contributed by atoms with Crippen molar-refractivity contribution in [2.75, 3.05) is 13.7 Å². The molecule has 1 aliphatic heterocycles. The van der Waals surface area contributed by atoms with E-state index in [2.05, 4.69) is 22.0 Å². The molecular weight excluding hydrogens is 306 g/mol. The highest BCUT2D eigenvalue weighted by Crippen LogP contribution is 2.31. The summed E-state index contributed by atoms with van der Waals surface area (Å²) in [5.74, 6) is 6.88. The number of carbonyl (C=O) groups excluding carboxylic acids is 1. The first kappa shape index (κ1) is 16.1. The van der Waals surface area contributed by atoms with E-state index in [9.17, 15) is 4.79 Å². The first-order valence-corrected chi connectivity index (χ1v) is 7.90. The van der Waals surface area contributed by atoms with Gasteiger partial charge in [0, 0.05) is 18.5 Å². The molecule has 0 radical (unpaired) electrons. The minimum atomic E-state index is -0.190. The second-order valence-corrected chi connectivity index (χ2v) is 5.57. The summed E-state index contributed by atoms with van der Waals surface area (Å²) in [5, 5.41) is 4.06. The molecule has 1 saturated heterocycles. The zero-order valence-electron chi connectivity index (χ0n) is 13.8. The van der Waals surface area contributed by atoms with Crippen molar-refractivity contribution in [2.45, 2.75) is 32.2 Å². The van der Waals surface area contributed by atoms with Crippen LogP contribution in [0.4, 0.5) is 0 Å². The minimum absolute atomic E-state index is 0.183. The Morgan fingerprint density at radius 2 is 2.29 bits per heavy atom. The number of aromatic nitrogens is 2. The van der Waals surface area contributed by atoms with Crippen LogP contribution in [0.15, 0.2) is 28.8 Å².